The number of benzene rings is 3. The summed E-state index contributed by atoms with van der Waals surface area (Å²) in [7, 11) is 4.14. The molecule has 3 aromatic rings. The third kappa shape index (κ3) is 8.25. The lowest BCUT2D eigenvalue weighted by Gasteiger charge is -2.12. The Morgan fingerprint density at radius 3 is 2.18 bits per heavy atom. The van der Waals surface area contributed by atoms with Gasteiger partial charge < -0.3 is 20.0 Å². The number of oxime groups is 1. The maximum absolute atomic E-state index is 9.10. The van der Waals surface area contributed by atoms with E-state index in [9.17, 15) is 0 Å². The maximum Gasteiger partial charge on any atom is 0.414 e. The highest BCUT2D eigenvalue weighted by Gasteiger charge is 2.12. The minimum Gasteiger partial charge on any atom is -0.473 e. The molecular weight excluding hydrogens is 440 g/mol. The van der Waals surface area contributed by atoms with Gasteiger partial charge in [0.1, 0.15) is 12.3 Å². The highest BCUT2D eigenvalue weighted by atomic mass is 32.2. The summed E-state index contributed by atoms with van der Waals surface area (Å²) >= 11 is 1.74. The Labute approximate surface area is 197 Å². The third-order valence-electron chi connectivity index (χ3n) is 4.59. The first-order chi connectivity index (χ1) is 15.8. The largest absolute Gasteiger partial charge is 0.473 e. The van der Waals surface area contributed by atoms with Crippen LogP contribution in [-0.4, -0.2) is 66.3 Å². The van der Waals surface area contributed by atoms with Gasteiger partial charge in [0.15, 0.2) is 0 Å². The molecule has 0 unspecified atom stereocenters. The summed E-state index contributed by atoms with van der Waals surface area (Å²) in [6.07, 6.45) is 3.04. The smallest absolute Gasteiger partial charge is 0.414 e. The topological polar surface area (TPSA) is 99.4 Å². The molecule has 0 spiro atoms. The van der Waals surface area contributed by atoms with Crippen molar-refractivity contribution < 1.29 is 24.6 Å². The maximum atomic E-state index is 9.10. The van der Waals surface area contributed by atoms with E-state index < -0.39 is 11.9 Å². The molecule has 0 amide bonds. The Balaban J connectivity index is 0.000000569. The predicted molar refractivity (Wildman–Crippen MR) is 132 cm³/mol. The molecule has 0 saturated carbocycles. The zero-order valence-electron chi connectivity index (χ0n) is 18.9. The van der Waals surface area contributed by atoms with Gasteiger partial charge in [-0.1, -0.05) is 59.8 Å². The summed E-state index contributed by atoms with van der Waals surface area (Å²) in [5.41, 5.74) is 3.04. The quantitative estimate of drug-likeness (QED) is 0.166. The van der Waals surface area contributed by atoms with Gasteiger partial charge in [-0.05, 0) is 49.7 Å². The first-order valence-corrected chi connectivity index (χ1v) is 11.5. The zero-order valence-corrected chi connectivity index (χ0v) is 19.7. The molecule has 0 saturated heterocycles. The fourth-order valence-electron chi connectivity index (χ4n) is 2.99. The van der Waals surface area contributed by atoms with E-state index in [1.807, 2.05) is 0 Å². The van der Waals surface area contributed by atoms with Crippen molar-refractivity contribution in [2.75, 3.05) is 33.5 Å². The summed E-state index contributed by atoms with van der Waals surface area (Å²) in [6.45, 7) is 1.59. The Bertz CT molecular complexity index is 1080. The fourth-order valence-corrected chi connectivity index (χ4v) is 3.40. The first kappa shape index (κ1) is 25.9. The number of fused-ring (bicyclic) bond motifs is 1. The number of carboxylic acids is 2. The predicted octanol–water partition coefficient (Wildman–Crippen LogP) is 4.44. The van der Waals surface area contributed by atoms with Gasteiger partial charge >= 0.3 is 11.9 Å². The van der Waals surface area contributed by atoms with Crippen LogP contribution in [0.3, 0.4) is 0 Å². The first-order valence-electron chi connectivity index (χ1n) is 10.3. The number of aliphatic carboxylic acids is 2. The van der Waals surface area contributed by atoms with Crippen LogP contribution in [0.15, 0.2) is 76.8 Å². The lowest BCUT2D eigenvalue weighted by molar-refractivity contribution is -0.159. The van der Waals surface area contributed by atoms with Crippen LogP contribution < -0.4 is 0 Å². The summed E-state index contributed by atoms with van der Waals surface area (Å²) in [5.74, 6) is -3.65. The van der Waals surface area contributed by atoms with E-state index in [0.717, 1.165) is 29.8 Å². The molecule has 0 atom stereocenters. The van der Waals surface area contributed by atoms with Crippen LogP contribution in [0.25, 0.3) is 10.8 Å². The van der Waals surface area contributed by atoms with Crippen molar-refractivity contribution in [3.8, 4) is 0 Å². The van der Waals surface area contributed by atoms with E-state index in [2.05, 4.69) is 97.1 Å². The Kier molecular flexibility index (Phi) is 10.4. The number of thioether (sulfide) groups is 1. The van der Waals surface area contributed by atoms with Crippen LogP contribution in [0.4, 0.5) is 0 Å². The molecule has 7 nitrogen and oxygen atoms in total. The van der Waals surface area contributed by atoms with E-state index in [1.54, 1.807) is 11.8 Å². The van der Waals surface area contributed by atoms with E-state index in [4.69, 9.17) is 24.6 Å². The van der Waals surface area contributed by atoms with Crippen molar-refractivity contribution >= 4 is 40.2 Å². The van der Waals surface area contributed by atoms with Crippen molar-refractivity contribution in [2.24, 2.45) is 5.16 Å². The molecule has 3 aromatic carbocycles. The van der Waals surface area contributed by atoms with E-state index in [0.29, 0.717) is 6.61 Å². The van der Waals surface area contributed by atoms with Crippen molar-refractivity contribution in [3.05, 3.63) is 77.9 Å². The normalized spacial score (nSPS) is 11.1. The Morgan fingerprint density at radius 1 is 0.939 bits per heavy atom. The molecule has 0 aliphatic rings. The van der Waals surface area contributed by atoms with E-state index in [1.165, 1.54) is 15.7 Å². The van der Waals surface area contributed by atoms with Crippen LogP contribution in [0.2, 0.25) is 0 Å². The summed E-state index contributed by atoms with van der Waals surface area (Å²) in [5, 5.41) is 21.7. The SMILES string of the molecule is CSc1ccc(C(=NOCCCN(C)C)c2cccc3ccccc23)cc1.O=C(O)C(=O)O. The molecule has 33 heavy (non-hydrogen) atoms. The van der Waals surface area contributed by atoms with Crippen molar-refractivity contribution in [1.29, 1.82) is 0 Å². The summed E-state index contributed by atoms with van der Waals surface area (Å²) in [4.78, 5) is 27.3. The standard InChI is InChI=1S/C23H26N2OS.C2H2O4/c1-25(2)16-7-17-26-24-23(19-12-14-20(27-3)15-13-19)22-11-6-9-18-8-4-5-10-21(18)22;3-1(4)2(5)6/h4-6,8-15H,7,16-17H2,1-3H3;(H,3,4)(H,5,6). The summed E-state index contributed by atoms with van der Waals surface area (Å²) < 4.78 is 0. The monoisotopic (exact) mass is 468 g/mol. The van der Waals surface area contributed by atoms with Gasteiger partial charge in [0.2, 0.25) is 0 Å². The lowest BCUT2D eigenvalue weighted by atomic mass is 9.97. The second kappa shape index (κ2) is 13.2. The van der Waals surface area contributed by atoms with Gasteiger partial charge in [-0.2, -0.15) is 0 Å². The number of rotatable bonds is 8. The van der Waals surface area contributed by atoms with Gasteiger partial charge in [0.25, 0.3) is 0 Å². The average Bonchev–Trinajstić information content (AvgIpc) is 2.81. The lowest BCUT2D eigenvalue weighted by Crippen LogP contribution is -2.14. The van der Waals surface area contributed by atoms with Crippen LogP contribution in [-0.2, 0) is 14.4 Å². The summed E-state index contributed by atoms with van der Waals surface area (Å²) in [6, 6.07) is 23.2. The number of carbonyl (C=O) groups is 2. The van der Waals surface area contributed by atoms with Crippen LogP contribution >= 0.6 is 11.8 Å². The molecule has 0 aliphatic heterocycles. The number of nitrogens with zero attached hydrogens (tertiary/aromatic N) is 2. The highest BCUT2D eigenvalue weighted by Crippen LogP contribution is 2.23. The van der Waals surface area contributed by atoms with Gasteiger partial charge in [-0.15, -0.1) is 11.8 Å². The van der Waals surface area contributed by atoms with Gasteiger partial charge in [0, 0.05) is 22.6 Å². The van der Waals surface area contributed by atoms with Crippen LogP contribution in [0, 0.1) is 0 Å². The third-order valence-corrected chi connectivity index (χ3v) is 5.33. The molecule has 0 bridgehead atoms. The molecular formula is C25H28N2O5S. The molecule has 0 fully saturated rings. The Morgan fingerprint density at radius 2 is 1.58 bits per heavy atom. The van der Waals surface area contributed by atoms with Crippen molar-refractivity contribution in [1.82, 2.24) is 4.90 Å². The molecule has 0 radical (unpaired) electrons. The second-order valence-electron chi connectivity index (χ2n) is 7.30. The van der Waals surface area contributed by atoms with Crippen LogP contribution in [0.5, 0.6) is 0 Å². The molecule has 0 heterocycles. The number of hydrogen-bond acceptors (Lipinski definition) is 6. The van der Waals surface area contributed by atoms with Crippen LogP contribution in [0.1, 0.15) is 17.5 Å². The minimum atomic E-state index is -1.82. The van der Waals surface area contributed by atoms with Crippen molar-refractivity contribution in [3.63, 3.8) is 0 Å². The molecule has 0 aromatic heterocycles. The second-order valence-corrected chi connectivity index (χ2v) is 8.18. The van der Waals surface area contributed by atoms with Gasteiger partial charge in [-0.25, -0.2) is 9.59 Å². The van der Waals surface area contributed by atoms with Gasteiger partial charge in [0.05, 0.1) is 0 Å². The van der Waals surface area contributed by atoms with E-state index in [-0.39, 0.29) is 0 Å². The number of carboxylic acid groups (broad SMARTS) is 2. The van der Waals surface area contributed by atoms with Crippen molar-refractivity contribution in [2.45, 2.75) is 11.3 Å². The average molecular weight is 469 g/mol. The van der Waals surface area contributed by atoms with Gasteiger partial charge in [-0.3, -0.25) is 0 Å². The molecule has 3 rings (SSSR count). The number of hydrogen-bond donors (Lipinski definition) is 2. The minimum absolute atomic E-state index is 0.606. The molecule has 174 valence electrons. The molecule has 2 N–H and O–H groups in total. The Hall–Kier alpha value is -3.36. The highest BCUT2D eigenvalue weighted by molar-refractivity contribution is 7.98. The van der Waals surface area contributed by atoms with E-state index >= 15 is 0 Å². The fraction of sp³-hybridized carbons (Fsp3) is 0.240. The molecule has 0 aliphatic carbocycles. The molecule has 8 heteroatoms. The zero-order chi connectivity index (χ0) is 24.2.